The van der Waals surface area contributed by atoms with Gasteiger partial charge in [-0.3, -0.25) is 4.79 Å². The Kier molecular flexibility index (Phi) is 4.75. The summed E-state index contributed by atoms with van der Waals surface area (Å²) in [6.45, 7) is 2.06. The number of carboxylic acids is 1. The highest BCUT2D eigenvalue weighted by Crippen LogP contribution is 2.29. The summed E-state index contributed by atoms with van der Waals surface area (Å²) in [5.41, 5.74) is 2.16. The van der Waals surface area contributed by atoms with E-state index in [1.54, 1.807) is 6.20 Å². The Morgan fingerprint density at radius 2 is 1.96 bits per heavy atom. The fourth-order valence-electron chi connectivity index (χ4n) is 2.77. The van der Waals surface area contributed by atoms with Crippen LogP contribution in [0.3, 0.4) is 0 Å². The summed E-state index contributed by atoms with van der Waals surface area (Å²) in [7, 11) is 0. The smallest absolute Gasteiger partial charge is 0.303 e. The van der Waals surface area contributed by atoms with Crippen molar-refractivity contribution in [3.8, 4) is 11.6 Å². The minimum absolute atomic E-state index is 0.137. The molecule has 122 valence electrons. The molecule has 3 rings (SSSR count). The number of aromatic nitrogens is 1. The van der Waals surface area contributed by atoms with E-state index in [9.17, 15) is 4.79 Å². The standard InChI is InChI=1S/C20H19NO3/c1-2-14-13-17(9-7-15(14)8-10-19(22)23)24-20-18-6-4-3-5-16(18)11-12-21-20/h3-7,9,11-13H,2,8,10H2,1H3,(H,22,23). The molecule has 3 aromatic rings. The van der Waals surface area contributed by atoms with E-state index in [0.29, 0.717) is 12.3 Å². The van der Waals surface area contributed by atoms with Crippen LogP contribution in [0.1, 0.15) is 24.5 Å². The lowest BCUT2D eigenvalue weighted by atomic mass is 10.0. The van der Waals surface area contributed by atoms with Gasteiger partial charge in [-0.2, -0.15) is 0 Å². The van der Waals surface area contributed by atoms with Crippen LogP contribution in [0.4, 0.5) is 0 Å². The molecular formula is C20H19NO3. The molecule has 2 aromatic carbocycles. The Labute approximate surface area is 140 Å². The van der Waals surface area contributed by atoms with Crippen LogP contribution < -0.4 is 4.74 Å². The van der Waals surface area contributed by atoms with Crippen molar-refractivity contribution >= 4 is 16.7 Å². The summed E-state index contributed by atoms with van der Waals surface area (Å²) in [5.74, 6) is 0.514. The fraction of sp³-hybridized carbons (Fsp3) is 0.200. The number of aryl methyl sites for hydroxylation is 2. The third kappa shape index (κ3) is 3.54. The Morgan fingerprint density at radius 1 is 1.12 bits per heavy atom. The third-order valence-electron chi connectivity index (χ3n) is 4.02. The molecule has 1 N–H and O–H groups in total. The van der Waals surface area contributed by atoms with Gasteiger partial charge in [0, 0.05) is 18.0 Å². The van der Waals surface area contributed by atoms with Gasteiger partial charge in [-0.1, -0.05) is 31.2 Å². The molecule has 24 heavy (non-hydrogen) atoms. The van der Waals surface area contributed by atoms with Crippen molar-refractivity contribution in [2.45, 2.75) is 26.2 Å². The lowest BCUT2D eigenvalue weighted by Crippen LogP contribution is -2.00. The molecule has 1 aromatic heterocycles. The predicted octanol–water partition coefficient (Wildman–Crippen LogP) is 4.61. The molecule has 1 heterocycles. The van der Waals surface area contributed by atoms with Gasteiger partial charge < -0.3 is 9.84 Å². The number of hydrogen-bond donors (Lipinski definition) is 1. The van der Waals surface area contributed by atoms with Crippen molar-refractivity contribution in [2.24, 2.45) is 0 Å². The monoisotopic (exact) mass is 321 g/mol. The van der Waals surface area contributed by atoms with Crippen LogP contribution >= 0.6 is 0 Å². The third-order valence-corrected chi connectivity index (χ3v) is 4.02. The number of hydrogen-bond acceptors (Lipinski definition) is 3. The summed E-state index contributed by atoms with van der Waals surface area (Å²) in [6.07, 6.45) is 3.23. The lowest BCUT2D eigenvalue weighted by Gasteiger charge is -2.12. The van der Waals surface area contributed by atoms with Crippen molar-refractivity contribution < 1.29 is 14.6 Å². The van der Waals surface area contributed by atoms with Gasteiger partial charge >= 0.3 is 5.97 Å². The maximum Gasteiger partial charge on any atom is 0.303 e. The van der Waals surface area contributed by atoms with E-state index in [1.807, 2.05) is 48.5 Å². The molecule has 4 heteroatoms. The second-order valence-corrected chi connectivity index (χ2v) is 5.62. The number of ether oxygens (including phenoxy) is 1. The van der Waals surface area contributed by atoms with Crippen LogP contribution in [0, 0.1) is 0 Å². The number of fused-ring (bicyclic) bond motifs is 1. The van der Waals surface area contributed by atoms with E-state index in [-0.39, 0.29) is 6.42 Å². The van der Waals surface area contributed by atoms with E-state index in [0.717, 1.165) is 34.1 Å². The molecule has 0 bridgehead atoms. The van der Waals surface area contributed by atoms with E-state index in [4.69, 9.17) is 9.84 Å². The zero-order valence-electron chi connectivity index (χ0n) is 13.5. The number of benzene rings is 2. The Morgan fingerprint density at radius 3 is 2.75 bits per heavy atom. The number of pyridine rings is 1. The van der Waals surface area contributed by atoms with Crippen molar-refractivity contribution in [1.82, 2.24) is 4.98 Å². The van der Waals surface area contributed by atoms with Crippen molar-refractivity contribution in [1.29, 1.82) is 0 Å². The average molecular weight is 321 g/mol. The molecule has 0 aliphatic heterocycles. The van der Waals surface area contributed by atoms with Crippen LogP contribution in [0.25, 0.3) is 10.8 Å². The first-order valence-corrected chi connectivity index (χ1v) is 8.02. The Hall–Kier alpha value is -2.88. The van der Waals surface area contributed by atoms with Gasteiger partial charge in [0.15, 0.2) is 0 Å². The second kappa shape index (κ2) is 7.13. The highest BCUT2D eigenvalue weighted by molar-refractivity contribution is 5.86. The molecular weight excluding hydrogens is 302 g/mol. The van der Waals surface area contributed by atoms with Gasteiger partial charge in [0.25, 0.3) is 0 Å². The molecule has 0 amide bonds. The number of rotatable bonds is 6. The van der Waals surface area contributed by atoms with E-state index in [1.165, 1.54) is 0 Å². The normalized spacial score (nSPS) is 10.7. The van der Waals surface area contributed by atoms with Crippen LogP contribution in [-0.2, 0) is 17.6 Å². The highest BCUT2D eigenvalue weighted by atomic mass is 16.5. The highest BCUT2D eigenvalue weighted by Gasteiger charge is 2.09. The van der Waals surface area contributed by atoms with Crippen molar-refractivity contribution in [3.05, 3.63) is 65.9 Å². The van der Waals surface area contributed by atoms with Gasteiger partial charge in [-0.05, 0) is 53.6 Å². The van der Waals surface area contributed by atoms with Gasteiger partial charge in [-0.15, -0.1) is 0 Å². The molecule has 0 spiro atoms. The number of carboxylic acid groups (broad SMARTS) is 1. The molecule has 0 aliphatic carbocycles. The van der Waals surface area contributed by atoms with Crippen LogP contribution in [0.15, 0.2) is 54.7 Å². The maximum atomic E-state index is 10.8. The molecule has 0 radical (unpaired) electrons. The number of nitrogens with zero attached hydrogens (tertiary/aromatic N) is 1. The number of aliphatic carboxylic acids is 1. The topological polar surface area (TPSA) is 59.4 Å². The molecule has 0 atom stereocenters. The summed E-state index contributed by atoms with van der Waals surface area (Å²) in [6, 6.07) is 15.7. The quantitative estimate of drug-likeness (QED) is 0.720. The van der Waals surface area contributed by atoms with Gasteiger partial charge in [0.1, 0.15) is 5.75 Å². The lowest BCUT2D eigenvalue weighted by molar-refractivity contribution is -0.136. The van der Waals surface area contributed by atoms with Crippen LogP contribution in [0.5, 0.6) is 11.6 Å². The van der Waals surface area contributed by atoms with E-state index >= 15 is 0 Å². The Balaban J connectivity index is 1.88. The minimum Gasteiger partial charge on any atom is -0.481 e. The largest absolute Gasteiger partial charge is 0.481 e. The van der Waals surface area contributed by atoms with Crippen LogP contribution in [-0.4, -0.2) is 16.1 Å². The van der Waals surface area contributed by atoms with E-state index in [2.05, 4.69) is 11.9 Å². The fourth-order valence-corrected chi connectivity index (χ4v) is 2.77. The first-order chi connectivity index (χ1) is 11.7. The van der Waals surface area contributed by atoms with Crippen LogP contribution in [0.2, 0.25) is 0 Å². The van der Waals surface area contributed by atoms with E-state index < -0.39 is 5.97 Å². The van der Waals surface area contributed by atoms with Gasteiger partial charge in [0.05, 0.1) is 0 Å². The van der Waals surface area contributed by atoms with Gasteiger partial charge in [0.2, 0.25) is 5.88 Å². The SMILES string of the molecule is CCc1cc(Oc2nccc3ccccc23)ccc1CCC(=O)O. The molecule has 0 saturated carbocycles. The molecule has 0 fully saturated rings. The zero-order chi connectivity index (χ0) is 16.9. The first-order valence-electron chi connectivity index (χ1n) is 8.02. The molecule has 0 aliphatic rings. The summed E-state index contributed by atoms with van der Waals surface area (Å²) >= 11 is 0. The minimum atomic E-state index is -0.780. The Bertz CT molecular complexity index is 868. The van der Waals surface area contributed by atoms with Crippen molar-refractivity contribution in [3.63, 3.8) is 0 Å². The zero-order valence-corrected chi connectivity index (χ0v) is 13.5. The van der Waals surface area contributed by atoms with Crippen molar-refractivity contribution in [2.75, 3.05) is 0 Å². The summed E-state index contributed by atoms with van der Waals surface area (Å²) in [4.78, 5) is 15.1. The molecule has 0 saturated heterocycles. The summed E-state index contributed by atoms with van der Waals surface area (Å²) < 4.78 is 5.99. The van der Waals surface area contributed by atoms with Gasteiger partial charge in [-0.25, -0.2) is 4.98 Å². The second-order valence-electron chi connectivity index (χ2n) is 5.62. The summed E-state index contributed by atoms with van der Waals surface area (Å²) in [5, 5.41) is 10.9. The predicted molar refractivity (Wildman–Crippen MR) is 93.6 cm³/mol. The average Bonchev–Trinajstić information content (AvgIpc) is 2.60. The molecule has 0 unspecified atom stereocenters. The maximum absolute atomic E-state index is 10.8. The number of carbonyl (C=O) groups is 1. The first kappa shape index (κ1) is 16.0. The molecule has 4 nitrogen and oxygen atoms in total.